The molecule has 8 heteroatoms. The van der Waals surface area contributed by atoms with Crippen LogP contribution in [0.4, 0.5) is 0 Å². The molecule has 4 rings (SSSR count). The monoisotopic (exact) mass is 466 g/mol. The normalized spacial score (nSPS) is 18.0. The molecular formula is C26H30N2O6. The number of rotatable bonds is 9. The van der Waals surface area contributed by atoms with Gasteiger partial charge >= 0.3 is 5.63 Å². The van der Waals surface area contributed by atoms with Gasteiger partial charge < -0.3 is 24.9 Å². The Labute approximate surface area is 197 Å². The first-order valence-corrected chi connectivity index (χ1v) is 11.8. The van der Waals surface area contributed by atoms with E-state index >= 15 is 0 Å². The summed E-state index contributed by atoms with van der Waals surface area (Å²) in [4.78, 5) is 36.6. The molecule has 0 aliphatic heterocycles. The van der Waals surface area contributed by atoms with Gasteiger partial charge in [0.05, 0.1) is 5.39 Å². The second-order valence-electron chi connectivity index (χ2n) is 8.77. The third-order valence-electron chi connectivity index (χ3n) is 6.40. The van der Waals surface area contributed by atoms with Crippen molar-refractivity contribution in [2.45, 2.75) is 32.1 Å². The molecule has 34 heavy (non-hydrogen) atoms. The second kappa shape index (κ2) is 11.2. The van der Waals surface area contributed by atoms with Gasteiger partial charge in [-0.3, -0.25) is 9.59 Å². The van der Waals surface area contributed by atoms with Gasteiger partial charge in [-0.05, 0) is 61.6 Å². The van der Waals surface area contributed by atoms with Crippen molar-refractivity contribution >= 4 is 33.6 Å². The first-order chi connectivity index (χ1) is 16.5. The molecule has 0 spiro atoms. The summed E-state index contributed by atoms with van der Waals surface area (Å²) < 4.78 is 11.0. The van der Waals surface area contributed by atoms with Crippen LogP contribution < -0.4 is 21.0 Å². The fraction of sp³-hybridized carbons (Fsp3) is 0.423. The Balaban J connectivity index is 1.23. The smallest absolute Gasteiger partial charge is 0.344 e. The van der Waals surface area contributed by atoms with E-state index in [1.54, 1.807) is 24.3 Å². The van der Waals surface area contributed by atoms with Gasteiger partial charge in [0.1, 0.15) is 11.3 Å². The maximum absolute atomic E-state index is 12.3. The van der Waals surface area contributed by atoms with Crippen LogP contribution in [0, 0.1) is 11.8 Å². The zero-order valence-electron chi connectivity index (χ0n) is 19.0. The zero-order chi connectivity index (χ0) is 23.9. The number of aliphatic hydroxyl groups is 1. The van der Waals surface area contributed by atoms with Crippen molar-refractivity contribution in [2.24, 2.45) is 11.8 Å². The molecule has 180 valence electrons. The molecule has 3 N–H and O–H groups in total. The van der Waals surface area contributed by atoms with Crippen LogP contribution in [-0.4, -0.2) is 43.2 Å². The molecule has 0 unspecified atom stereocenters. The van der Waals surface area contributed by atoms with E-state index in [2.05, 4.69) is 10.6 Å². The van der Waals surface area contributed by atoms with E-state index in [0.717, 1.165) is 36.5 Å². The largest absolute Gasteiger partial charge is 0.484 e. The summed E-state index contributed by atoms with van der Waals surface area (Å²) in [5, 5.41) is 16.7. The van der Waals surface area contributed by atoms with Gasteiger partial charge in [-0.2, -0.15) is 0 Å². The van der Waals surface area contributed by atoms with Crippen molar-refractivity contribution in [1.82, 2.24) is 10.6 Å². The number of benzene rings is 2. The molecule has 0 bridgehead atoms. The van der Waals surface area contributed by atoms with Gasteiger partial charge in [0.15, 0.2) is 6.61 Å². The Hall–Kier alpha value is -3.39. The van der Waals surface area contributed by atoms with Crippen LogP contribution in [0.1, 0.15) is 32.1 Å². The lowest BCUT2D eigenvalue weighted by atomic mass is 9.81. The van der Waals surface area contributed by atoms with Crippen molar-refractivity contribution in [1.29, 1.82) is 0 Å². The summed E-state index contributed by atoms with van der Waals surface area (Å²) in [5.41, 5.74) is 0.00844. The predicted molar refractivity (Wildman–Crippen MR) is 129 cm³/mol. The van der Waals surface area contributed by atoms with E-state index in [9.17, 15) is 14.4 Å². The number of ether oxygens (including phenoxy) is 1. The number of nitrogens with one attached hydrogen (secondary N) is 2. The summed E-state index contributed by atoms with van der Waals surface area (Å²) in [7, 11) is 0. The molecule has 2 aromatic carbocycles. The van der Waals surface area contributed by atoms with Crippen molar-refractivity contribution < 1.29 is 23.8 Å². The van der Waals surface area contributed by atoms with Crippen molar-refractivity contribution in [3.63, 3.8) is 0 Å². The predicted octanol–water partition coefficient (Wildman–Crippen LogP) is 2.75. The number of fused-ring (bicyclic) bond motifs is 3. The number of aliphatic hydroxyl groups excluding tert-OH is 1. The molecule has 0 radical (unpaired) electrons. The average molecular weight is 467 g/mol. The standard InChI is InChI=1S/C26H30N2O6/c29-13-3-12-27-25(31)18-8-6-17(7-9-18)15-28-24(30)16-33-19-10-11-21-20-4-1-2-5-22(20)26(32)34-23(21)14-19/h1-2,4-5,10-11,14,17-18,29H,3,6-9,12-13,15-16H2,(H,27,31)(H,28,30). The Morgan fingerprint density at radius 2 is 1.76 bits per heavy atom. The van der Waals surface area contributed by atoms with Crippen LogP contribution in [0.25, 0.3) is 21.7 Å². The third kappa shape index (κ3) is 5.75. The Morgan fingerprint density at radius 3 is 2.53 bits per heavy atom. The zero-order valence-corrected chi connectivity index (χ0v) is 19.0. The minimum absolute atomic E-state index is 0.0130. The molecule has 1 aliphatic carbocycles. The highest BCUT2D eigenvalue weighted by atomic mass is 16.5. The van der Waals surface area contributed by atoms with E-state index in [1.807, 2.05) is 18.2 Å². The number of carbonyl (C=O) groups excluding carboxylic acids is 2. The van der Waals surface area contributed by atoms with E-state index < -0.39 is 5.63 Å². The Kier molecular flexibility index (Phi) is 7.80. The molecule has 2 amide bonds. The first kappa shape index (κ1) is 23.8. The lowest BCUT2D eigenvalue weighted by Crippen LogP contribution is -2.37. The van der Waals surface area contributed by atoms with E-state index in [0.29, 0.717) is 42.1 Å². The highest BCUT2D eigenvalue weighted by molar-refractivity contribution is 6.04. The van der Waals surface area contributed by atoms with Crippen LogP contribution in [0.5, 0.6) is 5.75 Å². The molecule has 1 saturated carbocycles. The molecule has 1 aliphatic rings. The highest BCUT2D eigenvalue weighted by Crippen LogP contribution is 2.29. The molecule has 8 nitrogen and oxygen atoms in total. The van der Waals surface area contributed by atoms with Crippen LogP contribution in [0.2, 0.25) is 0 Å². The third-order valence-corrected chi connectivity index (χ3v) is 6.40. The topological polar surface area (TPSA) is 118 Å². The van der Waals surface area contributed by atoms with Gasteiger partial charge in [0.25, 0.3) is 5.91 Å². The van der Waals surface area contributed by atoms with Crippen LogP contribution in [0.3, 0.4) is 0 Å². The first-order valence-electron chi connectivity index (χ1n) is 11.8. The van der Waals surface area contributed by atoms with Gasteiger partial charge in [-0.25, -0.2) is 4.79 Å². The van der Waals surface area contributed by atoms with Crippen LogP contribution in [-0.2, 0) is 9.59 Å². The summed E-state index contributed by atoms with van der Waals surface area (Å²) in [6.07, 6.45) is 3.95. The summed E-state index contributed by atoms with van der Waals surface area (Å²) in [5.74, 6) is 0.647. The maximum atomic E-state index is 12.3. The quantitative estimate of drug-likeness (QED) is 0.254. The number of hydrogen-bond acceptors (Lipinski definition) is 6. The minimum atomic E-state index is -0.407. The van der Waals surface area contributed by atoms with Gasteiger partial charge in [-0.1, -0.05) is 18.2 Å². The summed E-state index contributed by atoms with van der Waals surface area (Å²) >= 11 is 0. The fourth-order valence-electron chi connectivity index (χ4n) is 4.47. The van der Waals surface area contributed by atoms with E-state index in [4.69, 9.17) is 14.3 Å². The van der Waals surface area contributed by atoms with Crippen LogP contribution in [0.15, 0.2) is 51.7 Å². The molecule has 1 fully saturated rings. The number of carbonyl (C=O) groups is 2. The lowest BCUT2D eigenvalue weighted by molar-refractivity contribution is -0.126. The van der Waals surface area contributed by atoms with Gasteiger partial charge in [-0.15, -0.1) is 0 Å². The van der Waals surface area contributed by atoms with E-state index in [1.165, 1.54) is 0 Å². The number of hydrogen-bond donors (Lipinski definition) is 3. The van der Waals surface area contributed by atoms with Gasteiger partial charge in [0, 0.05) is 37.1 Å². The second-order valence-corrected chi connectivity index (χ2v) is 8.77. The van der Waals surface area contributed by atoms with E-state index in [-0.39, 0.29) is 30.9 Å². The Morgan fingerprint density at radius 1 is 1.00 bits per heavy atom. The van der Waals surface area contributed by atoms with Crippen molar-refractivity contribution in [2.75, 3.05) is 26.3 Å². The van der Waals surface area contributed by atoms with Gasteiger partial charge in [0.2, 0.25) is 5.91 Å². The molecule has 1 heterocycles. The summed E-state index contributed by atoms with van der Waals surface area (Å²) in [6, 6.07) is 12.5. The maximum Gasteiger partial charge on any atom is 0.344 e. The van der Waals surface area contributed by atoms with Crippen LogP contribution >= 0.6 is 0 Å². The van der Waals surface area contributed by atoms with Crippen molar-refractivity contribution in [3.8, 4) is 5.75 Å². The molecule has 1 aromatic heterocycles. The molecule has 0 atom stereocenters. The Bertz CT molecular complexity index is 1210. The average Bonchev–Trinajstić information content (AvgIpc) is 2.86. The molecular weight excluding hydrogens is 436 g/mol. The van der Waals surface area contributed by atoms with Crippen molar-refractivity contribution in [3.05, 3.63) is 52.9 Å². The lowest BCUT2D eigenvalue weighted by Gasteiger charge is -2.27. The fourth-order valence-corrected chi connectivity index (χ4v) is 4.47. The molecule has 3 aromatic rings. The minimum Gasteiger partial charge on any atom is -0.484 e. The highest BCUT2D eigenvalue weighted by Gasteiger charge is 2.26. The SMILES string of the molecule is O=C(COc1ccc2c(c1)oc(=O)c1ccccc12)NCC1CCC(C(=O)NCCCO)CC1. The summed E-state index contributed by atoms with van der Waals surface area (Å²) in [6.45, 7) is 1.00. The molecule has 0 saturated heterocycles. The number of amides is 2.